The van der Waals surface area contributed by atoms with E-state index in [0.29, 0.717) is 24.4 Å². The van der Waals surface area contributed by atoms with Crippen LogP contribution >= 0.6 is 0 Å². The topological polar surface area (TPSA) is 47.5 Å². The summed E-state index contributed by atoms with van der Waals surface area (Å²) in [6.45, 7) is 9.34. The fourth-order valence-corrected chi connectivity index (χ4v) is 1.87. The van der Waals surface area contributed by atoms with Crippen LogP contribution in [0, 0.1) is 5.92 Å². The largest absolute Gasteiger partial charge is 0.476 e. The Morgan fingerprint density at radius 3 is 3.06 bits per heavy atom. The molecule has 0 spiro atoms. The minimum atomic E-state index is 0.327. The number of ether oxygens (including phenoxy) is 2. The summed E-state index contributed by atoms with van der Waals surface area (Å²) in [5.41, 5.74) is 0. The molecule has 1 atom stereocenters. The summed E-state index contributed by atoms with van der Waals surface area (Å²) < 4.78 is 11.0. The lowest BCUT2D eigenvalue weighted by atomic mass is 10.2. The molecule has 0 radical (unpaired) electrons. The number of morpholine rings is 1. The van der Waals surface area contributed by atoms with Crippen molar-refractivity contribution in [2.45, 2.75) is 26.8 Å². The highest BCUT2D eigenvalue weighted by molar-refractivity contribution is 5.39. The summed E-state index contributed by atoms with van der Waals surface area (Å²) in [7, 11) is 0. The van der Waals surface area contributed by atoms with E-state index in [4.69, 9.17) is 9.47 Å². The molecule has 2 heterocycles. The van der Waals surface area contributed by atoms with Gasteiger partial charge in [0.15, 0.2) is 5.82 Å². The fourth-order valence-electron chi connectivity index (χ4n) is 1.87. The maximum absolute atomic E-state index is 5.60. The van der Waals surface area contributed by atoms with Crippen molar-refractivity contribution in [1.82, 2.24) is 9.97 Å². The van der Waals surface area contributed by atoms with E-state index in [0.717, 1.165) is 25.6 Å². The van der Waals surface area contributed by atoms with E-state index in [2.05, 4.69) is 35.6 Å². The summed E-state index contributed by atoms with van der Waals surface area (Å²) in [6.07, 6.45) is 3.45. The number of nitrogens with zero attached hydrogens (tertiary/aromatic N) is 3. The van der Waals surface area contributed by atoms with Gasteiger partial charge in [-0.05, 0) is 12.8 Å². The number of hydrogen-bond donors (Lipinski definition) is 0. The highest BCUT2D eigenvalue weighted by Crippen LogP contribution is 2.18. The Bertz CT molecular complexity index is 384. The lowest BCUT2D eigenvalue weighted by Gasteiger charge is -2.34. The van der Waals surface area contributed by atoms with Crippen molar-refractivity contribution in [2.75, 3.05) is 31.3 Å². The maximum Gasteiger partial charge on any atom is 0.234 e. The van der Waals surface area contributed by atoms with Crippen molar-refractivity contribution in [3.63, 3.8) is 0 Å². The third kappa shape index (κ3) is 3.32. The fraction of sp³-hybridized carbons (Fsp3) is 0.692. The summed E-state index contributed by atoms with van der Waals surface area (Å²) >= 11 is 0. The average Bonchev–Trinajstić information content (AvgIpc) is 2.37. The molecule has 1 fully saturated rings. The first kappa shape index (κ1) is 13.1. The van der Waals surface area contributed by atoms with Gasteiger partial charge in [-0.25, -0.2) is 0 Å². The van der Waals surface area contributed by atoms with Crippen LogP contribution in [0.4, 0.5) is 5.82 Å². The molecular weight excluding hydrogens is 230 g/mol. The smallest absolute Gasteiger partial charge is 0.234 e. The zero-order chi connectivity index (χ0) is 13.0. The van der Waals surface area contributed by atoms with Gasteiger partial charge in [-0.1, -0.05) is 13.8 Å². The standard InChI is InChI=1S/C13H21N3O2/c1-10(2)8-18-13-7-14-6-12(15-13)16-4-5-17-9-11(16)3/h6-7,10-11H,4-5,8-9H2,1-3H3/t11-/m0/s1. The molecule has 5 heteroatoms. The van der Waals surface area contributed by atoms with Gasteiger partial charge in [0.2, 0.25) is 5.88 Å². The van der Waals surface area contributed by atoms with Crippen LogP contribution < -0.4 is 9.64 Å². The van der Waals surface area contributed by atoms with Crippen molar-refractivity contribution >= 4 is 5.82 Å². The minimum Gasteiger partial charge on any atom is -0.476 e. The van der Waals surface area contributed by atoms with E-state index >= 15 is 0 Å². The molecule has 5 nitrogen and oxygen atoms in total. The van der Waals surface area contributed by atoms with E-state index < -0.39 is 0 Å². The third-order valence-corrected chi connectivity index (χ3v) is 2.83. The van der Waals surface area contributed by atoms with E-state index in [1.165, 1.54) is 0 Å². The van der Waals surface area contributed by atoms with E-state index in [9.17, 15) is 0 Å². The molecule has 1 aliphatic rings. The lowest BCUT2D eigenvalue weighted by molar-refractivity contribution is 0.0984. The second-order valence-corrected chi connectivity index (χ2v) is 5.04. The van der Waals surface area contributed by atoms with Gasteiger partial charge in [-0.3, -0.25) is 4.98 Å². The molecule has 0 amide bonds. The normalized spacial score (nSPS) is 20.2. The zero-order valence-electron chi connectivity index (χ0n) is 11.3. The van der Waals surface area contributed by atoms with Crippen LogP contribution in [0.15, 0.2) is 12.4 Å². The van der Waals surface area contributed by atoms with Crippen LogP contribution in [-0.4, -0.2) is 42.4 Å². The molecule has 1 saturated heterocycles. The molecule has 2 rings (SSSR count). The van der Waals surface area contributed by atoms with Gasteiger partial charge in [0.05, 0.1) is 38.3 Å². The van der Waals surface area contributed by atoms with E-state index in [1.807, 2.05) is 0 Å². The molecule has 0 saturated carbocycles. The summed E-state index contributed by atoms with van der Waals surface area (Å²) in [5, 5.41) is 0. The minimum absolute atomic E-state index is 0.327. The molecule has 1 aromatic heterocycles. The zero-order valence-corrected chi connectivity index (χ0v) is 11.3. The monoisotopic (exact) mass is 251 g/mol. The Balaban J connectivity index is 2.06. The van der Waals surface area contributed by atoms with Gasteiger partial charge in [-0.2, -0.15) is 4.98 Å². The van der Waals surface area contributed by atoms with Gasteiger partial charge < -0.3 is 14.4 Å². The van der Waals surface area contributed by atoms with Crippen molar-refractivity contribution in [3.05, 3.63) is 12.4 Å². The van der Waals surface area contributed by atoms with Crippen LogP contribution in [-0.2, 0) is 4.74 Å². The highest BCUT2D eigenvalue weighted by Gasteiger charge is 2.20. The number of aromatic nitrogens is 2. The first-order chi connectivity index (χ1) is 8.66. The first-order valence-electron chi connectivity index (χ1n) is 6.46. The van der Waals surface area contributed by atoms with E-state index in [-0.39, 0.29) is 0 Å². The Labute approximate surface area is 108 Å². The van der Waals surface area contributed by atoms with Crippen molar-refractivity contribution < 1.29 is 9.47 Å². The Kier molecular flexibility index (Phi) is 4.36. The Hall–Kier alpha value is -1.36. The molecule has 1 aromatic rings. The quantitative estimate of drug-likeness (QED) is 0.815. The van der Waals surface area contributed by atoms with Gasteiger partial charge in [-0.15, -0.1) is 0 Å². The summed E-state index contributed by atoms with van der Waals surface area (Å²) in [6, 6.07) is 0.327. The second-order valence-electron chi connectivity index (χ2n) is 5.04. The van der Waals surface area contributed by atoms with Crippen LogP contribution in [0.2, 0.25) is 0 Å². The SMILES string of the molecule is CC(C)COc1cncc(N2CCOC[C@@H]2C)n1. The first-order valence-corrected chi connectivity index (χ1v) is 6.46. The number of hydrogen-bond acceptors (Lipinski definition) is 5. The van der Waals surface area contributed by atoms with Gasteiger partial charge in [0.1, 0.15) is 0 Å². The molecule has 1 aliphatic heterocycles. The average molecular weight is 251 g/mol. The van der Waals surface area contributed by atoms with Gasteiger partial charge in [0.25, 0.3) is 0 Å². The summed E-state index contributed by atoms with van der Waals surface area (Å²) in [5.74, 6) is 1.95. The number of rotatable bonds is 4. The third-order valence-electron chi connectivity index (χ3n) is 2.83. The molecular formula is C13H21N3O2. The molecule has 0 aromatic carbocycles. The number of anilines is 1. The van der Waals surface area contributed by atoms with Crippen LogP contribution in [0.5, 0.6) is 5.88 Å². The molecule has 0 aliphatic carbocycles. The van der Waals surface area contributed by atoms with Crippen molar-refractivity contribution in [1.29, 1.82) is 0 Å². The summed E-state index contributed by atoms with van der Waals surface area (Å²) in [4.78, 5) is 10.9. The van der Waals surface area contributed by atoms with Gasteiger partial charge >= 0.3 is 0 Å². The van der Waals surface area contributed by atoms with Crippen LogP contribution in [0.3, 0.4) is 0 Å². The molecule has 0 N–H and O–H groups in total. The Morgan fingerprint density at radius 1 is 1.50 bits per heavy atom. The highest BCUT2D eigenvalue weighted by atomic mass is 16.5. The van der Waals surface area contributed by atoms with Crippen molar-refractivity contribution in [2.24, 2.45) is 5.92 Å². The molecule has 100 valence electrons. The predicted octanol–water partition coefficient (Wildman–Crippen LogP) is 1.74. The molecule has 0 unspecified atom stereocenters. The Morgan fingerprint density at radius 2 is 2.33 bits per heavy atom. The van der Waals surface area contributed by atoms with Crippen molar-refractivity contribution in [3.8, 4) is 5.88 Å². The predicted molar refractivity (Wildman–Crippen MR) is 70.0 cm³/mol. The lowest BCUT2D eigenvalue weighted by Crippen LogP contribution is -2.44. The maximum atomic E-state index is 5.60. The molecule has 0 bridgehead atoms. The van der Waals surface area contributed by atoms with E-state index in [1.54, 1.807) is 12.4 Å². The second kappa shape index (κ2) is 6.00. The van der Waals surface area contributed by atoms with Crippen LogP contribution in [0.25, 0.3) is 0 Å². The van der Waals surface area contributed by atoms with Gasteiger partial charge in [0, 0.05) is 6.54 Å². The molecule has 18 heavy (non-hydrogen) atoms. The van der Waals surface area contributed by atoms with Crippen LogP contribution in [0.1, 0.15) is 20.8 Å².